The number of benzene rings is 2. The molecule has 2 aromatic carbocycles. The second kappa shape index (κ2) is 10.3. The third-order valence-corrected chi connectivity index (χ3v) is 10.3. The maximum atomic E-state index is 12.0. The number of sulfone groups is 1. The van der Waals surface area contributed by atoms with E-state index in [2.05, 4.69) is 62.4 Å². The molecule has 6 rings (SSSR count). The Morgan fingerprint density at radius 2 is 1.74 bits per heavy atom. The van der Waals surface area contributed by atoms with Crippen LogP contribution in [-0.2, 0) is 9.84 Å². The summed E-state index contributed by atoms with van der Waals surface area (Å²) in [6.07, 6.45) is 7.66. The fourth-order valence-corrected chi connectivity index (χ4v) is 7.17. The van der Waals surface area contributed by atoms with Crippen LogP contribution in [0.25, 0.3) is 22.2 Å². The zero-order valence-corrected chi connectivity index (χ0v) is 23.6. The first-order valence-electron chi connectivity index (χ1n) is 14.1. The molecule has 204 valence electrons. The minimum atomic E-state index is -3.22. The van der Waals surface area contributed by atoms with Gasteiger partial charge in [0, 0.05) is 85.9 Å². The Morgan fingerprint density at radius 3 is 2.42 bits per heavy atom. The largest absolute Gasteiger partial charge is 0.371 e. The van der Waals surface area contributed by atoms with Crippen LogP contribution >= 0.6 is 0 Å². The van der Waals surface area contributed by atoms with Gasteiger partial charge < -0.3 is 20.1 Å². The molecule has 1 aromatic heterocycles. The van der Waals surface area contributed by atoms with Crippen molar-refractivity contribution in [2.75, 3.05) is 64.0 Å². The number of H-pyrrole nitrogens is 1. The molecule has 3 fully saturated rings. The number of rotatable bonds is 7. The van der Waals surface area contributed by atoms with Gasteiger partial charge in [0.1, 0.15) is 0 Å². The third kappa shape index (κ3) is 5.24. The van der Waals surface area contributed by atoms with Crippen LogP contribution in [0.1, 0.15) is 32.1 Å². The topological polar surface area (TPSA) is 71.7 Å². The third-order valence-electron chi connectivity index (χ3n) is 9.22. The molecule has 1 saturated carbocycles. The molecule has 38 heavy (non-hydrogen) atoms. The van der Waals surface area contributed by atoms with Crippen LogP contribution in [0, 0.1) is 0 Å². The Balaban J connectivity index is 1.08. The van der Waals surface area contributed by atoms with Crippen molar-refractivity contribution in [3.63, 3.8) is 0 Å². The minimum Gasteiger partial charge on any atom is -0.371 e. The molecule has 3 aromatic rings. The van der Waals surface area contributed by atoms with E-state index in [1.165, 1.54) is 70.2 Å². The minimum absolute atomic E-state index is 0.354. The van der Waals surface area contributed by atoms with E-state index in [1.807, 2.05) is 6.07 Å². The Hall–Kier alpha value is -2.39. The van der Waals surface area contributed by atoms with Crippen molar-refractivity contribution in [1.29, 1.82) is 0 Å². The van der Waals surface area contributed by atoms with Gasteiger partial charge in [0.2, 0.25) is 0 Å². The predicted molar refractivity (Wildman–Crippen MR) is 156 cm³/mol. The van der Waals surface area contributed by atoms with Gasteiger partial charge in [0.15, 0.2) is 9.84 Å². The fourth-order valence-electron chi connectivity index (χ4n) is 6.51. The lowest BCUT2D eigenvalue weighted by Gasteiger charge is -2.53. The van der Waals surface area contributed by atoms with Gasteiger partial charge in [-0.3, -0.25) is 4.90 Å². The molecular weight excluding hydrogens is 494 g/mol. The number of fused-ring (bicyclic) bond motifs is 1. The molecule has 3 heterocycles. The molecule has 0 atom stereocenters. The second-order valence-electron chi connectivity index (χ2n) is 11.8. The number of nitrogens with zero attached hydrogens (tertiary/aromatic N) is 3. The highest BCUT2D eigenvalue weighted by molar-refractivity contribution is 7.90. The number of aromatic nitrogens is 1. The molecule has 3 aliphatic rings. The van der Waals surface area contributed by atoms with Gasteiger partial charge in [-0.25, -0.2) is 8.42 Å². The summed E-state index contributed by atoms with van der Waals surface area (Å²) in [5, 5.41) is 4.90. The lowest BCUT2D eigenvalue weighted by Crippen LogP contribution is -2.64. The molecule has 0 radical (unpaired) electrons. The summed E-state index contributed by atoms with van der Waals surface area (Å²) in [5.41, 5.74) is 4.74. The van der Waals surface area contributed by atoms with Gasteiger partial charge in [-0.1, -0.05) is 12.1 Å². The quantitative estimate of drug-likeness (QED) is 0.477. The molecule has 2 N–H and O–H groups in total. The van der Waals surface area contributed by atoms with E-state index in [-0.39, 0.29) is 0 Å². The molecular formula is C30H41N5O2S. The summed E-state index contributed by atoms with van der Waals surface area (Å²) in [4.78, 5) is 11.6. The van der Waals surface area contributed by atoms with Gasteiger partial charge in [-0.15, -0.1) is 0 Å². The number of nitrogens with one attached hydrogen (secondary N) is 2. The average Bonchev–Trinajstić information content (AvgIpc) is 3.33. The van der Waals surface area contributed by atoms with Crippen LogP contribution in [0.3, 0.4) is 0 Å². The smallest absolute Gasteiger partial charge is 0.175 e. The van der Waals surface area contributed by atoms with E-state index >= 15 is 0 Å². The number of piperazine rings is 1. The Kier molecular flexibility index (Phi) is 7.01. The van der Waals surface area contributed by atoms with E-state index < -0.39 is 9.84 Å². The Morgan fingerprint density at radius 1 is 0.974 bits per heavy atom. The van der Waals surface area contributed by atoms with Gasteiger partial charge in [0.05, 0.1) is 4.90 Å². The number of aromatic amines is 1. The molecule has 0 amide bonds. The van der Waals surface area contributed by atoms with Crippen LogP contribution in [0.2, 0.25) is 0 Å². The Labute approximate surface area is 227 Å². The van der Waals surface area contributed by atoms with Crippen molar-refractivity contribution >= 4 is 26.4 Å². The second-order valence-corrected chi connectivity index (χ2v) is 13.8. The Bertz CT molecular complexity index is 1380. The summed E-state index contributed by atoms with van der Waals surface area (Å²) in [6, 6.07) is 16.6. The van der Waals surface area contributed by atoms with Crippen LogP contribution in [0.4, 0.5) is 5.69 Å². The van der Waals surface area contributed by atoms with Gasteiger partial charge in [-0.05, 0) is 81.1 Å². The number of hydrogen-bond donors (Lipinski definition) is 2. The van der Waals surface area contributed by atoms with E-state index in [1.54, 1.807) is 12.1 Å². The standard InChI is InChI=1S/C30H41N5O2S/c1-33-15-17-35(18-16-33)30(11-4-12-30)22-31-25-9-13-34(14-10-25)26-6-3-5-23(19-26)29-21-24-20-27(38(2,36)37)7-8-28(24)32-29/h3,5-8,19-21,25,31-32H,4,9-18,22H2,1-2H3. The van der Waals surface area contributed by atoms with Crippen molar-refractivity contribution in [3.05, 3.63) is 48.5 Å². The van der Waals surface area contributed by atoms with Crippen molar-refractivity contribution in [1.82, 2.24) is 20.1 Å². The summed E-state index contributed by atoms with van der Waals surface area (Å²) in [7, 11) is -0.985. The molecule has 0 bridgehead atoms. The monoisotopic (exact) mass is 535 g/mol. The van der Waals surface area contributed by atoms with E-state index in [0.29, 0.717) is 16.5 Å². The van der Waals surface area contributed by atoms with Crippen LogP contribution in [0.5, 0.6) is 0 Å². The highest BCUT2D eigenvalue weighted by Crippen LogP contribution is 2.38. The highest BCUT2D eigenvalue weighted by atomic mass is 32.2. The first-order valence-corrected chi connectivity index (χ1v) is 16.0. The molecule has 2 saturated heterocycles. The molecule has 0 unspecified atom stereocenters. The van der Waals surface area contributed by atoms with Gasteiger partial charge in [-0.2, -0.15) is 0 Å². The van der Waals surface area contributed by atoms with Crippen LogP contribution in [0.15, 0.2) is 53.4 Å². The molecule has 7 nitrogen and oxygen atoms in total. The van der Waals surface area contributed by atoms with Crippen LogP contribution in [-0.4, -0.2) is 93.9 Å². The average molecular weight is 536 g/mol. The fraction of sp³-hybridized carbons (Fsp3) is 0.533. The van der Waals surface area contributed by atoms with E-state index in [4.69, 9.17) is 0 Å². The number of hydrogen-bond acceptors (Lipinski definition) is 6. The molecule has 8 heteroatoms. The van der Waals surface area contributed by atoms with Gasteiger partial charge >= 0.3 is 0 Å². The first-order chi connectivity index (χ1) is 18.3. The number of anilines is 1. The van der Waals surface area contributed by atoms with Gasteiger partial charge in [0.25, 0.3) is 0 Å². The summed E-state index contributed by atoms with van der Waals surface area (Å²) in [6.45, 7) is 8.07. The summed E-state index contributed by atoms with van der Waals surface area (Å²) in [5.74, 6) is 0. The number of piperidine rings is 1. The van der Waals surface area contributed by atoms with E-state index in [0.717, 1.165) is 41.8 Å². The summed E-state index contributed by atoms with van der Waals surface area (Å²) >= 11 is 0. The van der Waals surface area contributed by atoms with Crippen molar-refractivity contribution in [2.45, 2.75) is 48.6 Å². The van der Waals surface area contributed by atoms with E-state index in [9.17, 15) is 8.42 Å². The molecule has 2 aliphatic heterocycles. The molecule has 0 spiro atoms. The SMILES string of the molecule is CN1CCN(C2(CNC3CCN(c4cccc(-c5cc6cc(S(C)(=O)=O)ccc6[nH]5)c4)CC3)CCC2)CC1. The van der Waals surface area contributed by atoms with Crippen molar-refractivity contribution < 1.29 is 8.42 Å². The lowest BCUT2D eigenvalue weighted by molar-refractivity contribution is -0.0151. The zero-order valence-electron chi connectivity index (χ0n) is 22.7. The first kappa shape index (κ1) is 25.9. The van der Waals surface area contributed by atoms with Crippen molar-refractivity contribution in [2.24, 2.45) is 0 Å². The van der Waals surface area contributed by atoms with Crippen molar-refractivity contribution in [3.8, 4) is 11.3 Å². The maximum absolute atomic E-state index is 12.0. The maximum Gasteiger partial charge on any atom is 0.175 e. The lowest BCUT2D eigenvalue weighted by atomic mass is 9.74. The normalized spacial score (nSPS) is 21.6. The van der Waals surface area contributed by atoms with Crippen LogP contribution < -0.4 is 10.2 Å². The summed E-state index contributed by atoms with van der Waals surface area (Å²) < 4.78 is 23.9. The number of likely N-dealkylation sites (N-methyl/N-ethyl adjacent to an activating group) is 1. The highest BCUT2D eigenvalue weighted by Gasteiger charge is 2.43. The predicted octanol–water partition coefficient (Wildman–Crippen LogP) is 3.97. The molecule has 1 aliphatic carbocycles. The zero-order chi connectivity index (χ0) is 26.3.